The fourth-order valence-electron chi connectivity index (χ4n) is 3.95. The minimum Gasteiger partial charge on any atom is -0.494 e. The van der Waals surface area contributed by atoms with E-state index in [1.165, 1.54) is 17.0 Å². The van der Waals surface area contributed by atoms with Gasteiger partial charge in [-0.3, -0.25) is 13.9 Å². The van der Waals surface area contributed by atoms with Gasteiger partial charge in [0.05, 0.1) is 17.2 Å². The second-order valence-corrected chi connectivity index (χ2v) is 12.7. The zero-order valence-electron chi connectivity index (χ0n) is 22.9. The lowest BCUT2D eigenvalue weighted by atomic mass is 10.1. The van der Waals surface area contributed by atoms with Crippen LogP contribution in [-0.2, 0) is 26.2 Å². The molecule has 0 saturated carbocycles. The summed E-state index contributed by atoms with van der Waals surface area (Å²) in [5.41, 5.74) is 0.820. The summed E-state index contributed by atoms with van der Waals surface area (Å²) in [5.74, 6) is -0.401. The lowest BCUT2D eigenvalue weighted by molar-refractivity contribution is -0.139. The van der Waals surface area contributed by atoms with E-state index in [9.17, 15) is 18.0 Å². The van der Waals surface area contributed by atoms with Gasteiger partial charge < -0.3 is 15.0 Å². The van der Waals surface area contributed by atoms with E-state index >= 15 is 0 Å². The first-order valence-electron chi connectivity index (χ1n) is 13.0. The molecule has 1 N–H and O–H groups in total. The summed E-state index contributed by atoms with van der Waals surface area (Å²) in [4.78, 5) is 28.3. The molecular weight excluding hydrogens is 653 g/mol. The predicted molar refractivity (Wildman–Crippen MR) is 166 cm³/mol. The van der Waals surface area contributed by atoms with Crippen molar-refractivity contribution < 1.29 is 22.7 Å². The van der Waals surface area contributed by atoms with Crippen LogP contribution in [-0.4, -0.2) is 50.9 Å². The molecule has 0 aromatic heterocycles. The maximum absolute atomic E-state index is 14.0. The third kappa shape index (κ3) is 8.61. The number of carbonyl (C=O) groups excluding carboxylic acids is 2. The summed E-state index contributed by atoms with van der Waals surface area (Å²) in [5, 5.41) is 3.55. The summed E-state index contributed by atoms with van der Waals surface area (Å²) in [6, 6.07) is 16.5. The summed E-state index contributed by atoms with van der Waals surface area (Å²) < 4.78 is 35.0. The van der Waals surface area contributed by atoms with Crippen molar-refractivity contribution in [1.82, 2.24) is 10.2 Å². The first-order chi connectivity index (χ1) is 19.5. The van der Waals surface area contributed by atoms with Crippen molar-refractivity contribution in [3.8, 4) is 5.75 Å². The number of hydrogen-bond donors (Lipinski definition) is 1. The number of halogens is 3. The normalized spacial score (nSPS) is 12.0. The molecule has 12 heteroatoms. The number of hydrogen-bond acceptors (Lipinski definition) is 5. The Hall–Kier alpha value is -2.79. The highest BCUT2D eigenvalue weighted by Gasteiger charge is 2.32. The molecule has 0 spiro atoms. The van der Waals surface area contributed by atoms with Crippen LogP contribution in [0.1, 0.15) is 32.8 Å². The Kier molecular flexibility index (Phi) is 11.9. The Bertz CT molecular complexity index is 1450. The van der Waals surface area contributed by atoms with Crippen molar-refractivity contribution in [2.24, 2.45) is 0 Å². The molecule has 0 aliphatic heterocycles. The number of anilines is 1. The molecule has 0 radical (unpaired) electrons. The number of nitrogens with zero attached hydrogens (tertiary/aromatic N) is 2. The van der Waals surface area contributed by atoms with Gasteiger partial charge in [0.25, 0.3) is 10.0 Å². The van der Waals surface area contributed by atoms with Gasteiger partial charge in [0.15, 0.2) is 0 Å². The van der Waals surface area contributed by atoms with E-state index in [1.807, 2.05) is 13.8 Å². The van der Waals surface area contributed by atoms with Crippen LogP contribution in [0.25, 0.3) is 0 Å². The molecule has 0 fully saturated rings. The van der Waals surface area contributed by atoms with E-state index in [0.717, 1.165) is 4.31 Å². The molecule has 0 heterocycles. The first kappa shape index (κ1) is 32.7. The zero-order chi connectivity index (χ0) is 30.2. The number of amides is 2. The topological polar surface area (TPSA) is 96.0 Å². The third-order valence-corrected chi connectivity index (χ3v) is 9.09. The van der Waals surface area contributed by atoms with Gasteiger partial charge in [-0.2, -0.15) is 0 Å². The number of nitrogens with one attached hydrogen (secondary N) is 1. The Labute approximate surface area is 259 Å². The SMILES string of the molecule is CCCNC(=O)[C@@H](C)N(Cc1ccc(Cl)cc1Cl)C(=O)CN(c1ccc(OCC)cc1)S(=O)(=O)c1ccc(Br)cc1. The van der Waals surface area contributed by atoms with E-state index in [2.05, 4.69) is 21.2 Å². The second-order valence-electron chi connectivity index (χ2n) is 9.12. The lowest BCUT2D eigenvalue weighted by Gasteiger charge is -2.32. The third-order valence-electron chi connectivity index (χ3n) is 6.19. The quantitative estimate of drug-likeness (QED) is 0.228. The van der Waals surface area contributed by atoms with Crippen molar-refractivity contribution >= 4 is 66.7 Å². The van der Waals surface area contributed by atoms with Crippen LogP contribution in [0.2, 0.25) is 10.0 Å². The smallest absolute Gasteiger partial charge is 0.264 e. The highest BCUT2D eigenvalue weighted by Crippen LogP contribution is 2.28. The Morgan fingerprint density at radius 3 is 2.24 bits per heavy atom. The average Bonchev–Trinajstić information content (AvgIpc) is 2.94. The molecule has 41 heavy (non-hydrogen) atoms. The molecule has 0 aliphatic rings. The van der Waals surface area contributed by atoms with Gasteiger partial charge in [-0.25, -0.2) is 8.42 Å². The van der Waals surface area contributed by atoms with Gasteiger partial charge in [0, 0.05) is 27.6 Å². The fourth-order valence-corrected chi connectivity index (χ4v) is 6.10. The lowest BCUT2D eigenvalue weighted by Crippen LogP contribution is -2.51. The molecule has 0 bridgehead atoms. The van der Waals surface area contributed by atoms with Gasteiger partial charge in [-0.15, -0.1) is 0 Å². The Morgan fingerprint density at radius 1 is 1.00 bits per heavy atom. The van der Waals surface area contributed by atoms with Gasteiger partial charge in [-0.05, 0) is 86.5 Å². The molecule has 3 aromatic carbocycles. The standard InChI is InChI=1S/C29H32BrCl2N3O5S/c1-4-16-33-29(37)20(3)34(18-21-6-9-23(31)17-27(21)32)28(36)19-35(24-10-12-25(13-11-24)40-5-2)41(38,39)26-14-7-22(30)8-15-26/h6-15,17,20H,4-5,16,18-19H2,1-3H3,(H,33,37)/t20-/m1/s1. The number of ether oxygens (including phenoxy) is 1. The van der Waals surface area contributed by atoms with Gasteiger partial charge >= 0.3 is 0 Å². The van der Waals surface area contributed by atoms with Gasteiger partial charge in [0.2, 0.25) is 11.8 Å². The van der Waals surface area contributed by atoms with E-state index in [4.69, 9.17) is 27.9 Å². The zero-order valence-corrected chi connectivity index (χ0v) is 26.9. The summed E-state index contributed by atoms with van der Waals surface area (Å²) in [6.45, 7) is 5.63. The van der Waals surface area contributed by atoms with Crippen molar-refractivity contribution in [3.63, 3.8) is 0 Å². The van der Waals surface area contributed by atoms with Crippen LogP contribution in [0.15, 0.2) is 76.1 Å². The number of sulfonamides is 1. The minimum atomic E-state index is -4.19. The van der Waals surface area contributed by atoms with Gasteiger partial charge in [0.1, 0.15) is 18.3 Å². The molecular formula is C29H32BrCl2N3O5S. The van der Waals surface area contributed by atoms with Gasteiger partial charge in [-0.1, -0.05) is 52.1 Å². The molecule has 2 amide bonds. The Balaban J connectivity index is 2.04. The van der Waals surface area contributed by atoms with E-state index in [1.54, 1.807) is 61.5 Å². The largest absolute Gasteiger partial charge is 0.494 e. The predicted octanol–water partition coefficient (Wildman–Crippen LogP) is 6.29. The van der Waals surface area contributed by atoms with Crippen molar-refractivity contribution in [3.05, 3.63) is 86.8 Å². The first-order valence-corrected chi connectivity index (χ1v) is 16.0. The van der Waals surface area contributed by atoms with Crippen LogP contribution in [0, 0.1) is 0 Å². The van der Waals surface area contributed by atoms with Crippen LogP contribution in [0.3, 0.4) is 0 Å². The van der Waals surface area contributed by atoms with E-state index in [0.29, 0.717) is 45.4 Å². The van der Waals surface area contributed by atoms with Crippen molar-refractivity contribution in [2.75, 3.05) is 24.0 Å². The summed E-state index contributed by atoms with van der Waals surface area (Å²) in [6.07, 6.45) is 0.715. The number of benzene rings is 3. The highest BCUT2D eigenvalue weighted by molar-refractivity contribution is 9.10. The fraction of sp³-hybridized carbons (Fsp3) is 0.310. The molecule has 0 aliphatic carbocycles. The second kappa shape index (κ2) is 14.9. The molecule has 0 unspecified atom stereocenters. The molecule has 3 rings (SSSR count). The Morgan fingerprint density at radius 2 is 1.66 bits per heavy atom. The average molecular weight is 685 g/mol. The summed E-state index contributed by atoms with van der Waals surface area (Å²) >= 11 is 15.8. The molecule has 8 nitrogen and oxygen atoms in total. The van der Waals surface area contributed by atoms with Crippen LogP contribution >= 0.6 is 39.1 Å². The minimum absolute atomic E-state index is 0.00316. The number of carbonyl (C=O) groups is 2. The molecule has 1 atom stereocenters. The maximum atomic E-state index is 14.0. The van der Waals surface area contributed by atoms with Crippen molar-refractivity contribution in [2.45, 2.75) is 44.7 Å². The van der Waals surface area contributed by atoms with Crippen LogP contribution in [0.4, 0.5) is 5.69 Å². The van der Waals surface area contributed by atoms with Crippen LogP contribution < -0.4 is 14.4 Å². The highest BCUT2D eigenvalue weighted by atomic mass is 79.9. The monoisotopic (exact) mass is 683 g/mol. The summed E-state index contributed by atoms with van der Waals surface area (Å²) in [7, 11) is -4.19. The van der Waals surface area contributed by atoms with E-state index < -0.39 is 28.5 Å². The number of rotatable bonds is 13. The van der Waals surface area contributed by atoms with Crippen molar-refractivity contribution in [1.29, 1.82) is 0 Å². The maximum Gasteiger partial charge on any atom is 0.264 e. The van der Waals surface area contributed by atoms with E-state index in [-0.39, 0.29) is 23.0 Å². The molecule has 220 valence electrons. The molecule has 0 saturated heterocycles. The van der Waals surface area contributed by atoms with Crippen LogP contribution in [0.5, 0.6) is 5.75 Å². The molecule has 3 aromatic rings.